The van der Waals surface area contributed by atoms with Crippen LogP contribution in [-0.4, -0.2) is 26.3 Å². The van der Waals surface area contributed by atoms with Gasteiger partial charge in [-0.15, -0.1) is 0 Å². The highest BCUT2D eigenvalue weighted by Crippen LogP contribution is 2.49. The number of aliphatic hydroxyl groups excluding tert-OH is 1. The first-order chi connectivity index (χ1) is 20.2. The number of hydrogen-bond acceptors (Lipinski definition) is 5. The van der Waals surface area contributed by atoms with Crippen LogP contribution in [-0.2, 0) is 22.4 Å². The van der Waals surface area contributed by atoms with Crippen molar-refractivity contribution in [3.05, 3.63) is 120 Å². The molecule has 3 aromatic carbocycles. The molecule has 5 aromatic rings. The number of benzene rings is 3. The van der Waals surface area contributed by atoms with Crippen LogP contribution in [0.5, 0.6) is 11.5 Å². The lowest BCUT2D eigenvalue weighted by atomic mass is 9.88. The van der Waals surface area contributed by atoms with E-state index in [1.807, 2.05) is 30.3 Å². The van der Waals surface area contributed by atoms with E-state index in [0.29, 0.717) is 35.2 Å². The molecule has 6 nitrogen and oxygen atoms in total. The van der Waals surface area contributed by atoms with Crippen molar-refractivity contribution in [3.63, 3.8) is 0 Å². The largest absolute Gasteiger partial charge is 0.452 e. The Labute approximate surface area is 241 Å². The Morgan fingerprint density at radius 2 is 1.64 bits per heavy atom. The molecule has 0 spiro atoms. The first kappa shape index (κ1) is 27.5. The van der Waals surface area contributed by atoms with E-state index >= 15 is 4.39 Å². The monoisotopic (exact) mass is 566 g/mol. The van der Waals surface area contributed by atoms with Crippen molar-refractivity contribution in [2.45, 2.75) is 38.7 Å². The van der Waals surface area contributed by atoms with Crippen LogP contribution in [0.2, 0.25) is 0 Å². The van der Waals surface area contributed by atoms with Crippen LogP contribution in [0, 0.1) is 17.0 Å². The van der Waals surface area contributed by atoms with Crippen molar-refractivity contribution in [1.29, 1.82) is 0 Å². The highest BCUT2D eigenvalue weighted by atomic mass is 19.1. The van der Waals surface area contributed by atoms with Gasteiger partial charge in [-0.1, -0.05) is 36.4 Å². The number of hydrogen-bond donors (Lipinski definition) is 1. The Morgan fingerprint density at radius 3 is 2.33 bits per heavy atom. The van der Waals surface area contributed by atoms with Gasteiger partial charge in [0.15, 0.2) is 28.9 Å². The van der Waals surface area contributed by atoms with E-state index in [4.69, 9.17) is 4.74 Å². The second-order valence-corrected chi connectivity index (χ2v) is 10.8. The molecule has 8 heteroatoms. The fourth-order valence-electron chi connectivity index (χ4n) is 5.30. The number of aliphatic hydroxyl groups is 1. The van der Waals surface area contributed by atoms with Crippen molar-refractivity contribution in [2.24, 2.45) is 5.41 Å². The summed E-state index contributed by atoms with van der Waals surface area (Å²) in [7, 11) is 0. The van der Waals surface area contributed by atoms with E-state index in [1.165, 1.54) is 24.3 Å². The molecule has 1 atom stereocenters. The summed E-state index contributed by atoms with van der Waals surface area (Å²) >= 11 is 0. The summed E-state index contributed by atoms with van der Waals surface area (Å²) in [6, 6.07) is 21.1. The molecule has 0 aliphatic heterocycles. The molecule has 1 aliphatic carbocycles. The van der Waals surface area contributed by atoms with E-state index in [1.54, 1.807) is 48.1 Å². The third-order valence-electron chi connectivity index (χ3n) is 7.87. The number of aromatic nitrogens is 2. The Morgan fingerprint density at radius 1 is 0.929 bits per heavy atom. The molecule has 0 radical (unpaired) electrons. The minimum atomic E-state index is -1.06. The first-order valence-electron chi connectivity index (χ1n) is 13.8. The molecule has 0 amide bonds. The molecule has 1 N–H and O–H groups in total. The fourth-order valence-corrected chi connectivity index (χ4v) is 5.30. The number of ether oxygens (including phenoxy) is 1. The van der Waals surface area contributed by atoms with Gasteiger partial charge in [0.05, 0.1) is 17.7 Å². The number of carbonyl (C=O) groups excluding carboxylic acids is 2. The third kappa shape index (κ3) is 5.33. The van der Waals surface area contributed by atoms with E-state index in [9.17, 15) is 19.1 Å². The SMILES string of the molecule is CC(O)c1cccc(-c2ccn3nccc(Oc4ccc(CC(=O)C5(C(=O)Cc6ccc(F)cc6)CC5)cc4F)c23)c1. The molecular formula is C34H28F2N2O4. The zero-order valence-corrected chi connectivity index (χ0v) is 22.9. The predicted molar refractivity (Wildman–Crippen MR) is 153 cm³/mol. The summed E-state index contributed by atoms with van der Waals surface area (Å²) < 4.78 is 36.2. The van der Waals surface area contributed by atoms with Gasteiger partial charge in [0, 0.05) is 30.7 Å². The minimum Gasteiger partial charge on any atom is -0.452 e. The number of ketones is 2. The fraction of sp³-hybridized carbons (Fsp3) is 0.206. The number of rotatable bonds is 10. The Kier molecular flexibility index (Phi) is 7.16. The first-order valence-corrected chi connectivity index (χ1v) is 13.8. The quantitative estimate of drug-likeness (QED) is 0.188. The van der Waals surface area contributed by atoms with Crippen LogP contribution in [0.25, 0.3) is 16.6 Å². The van der Waals surface area contributed by atoms with E-state index in [0.717, 1.165) is 16.7 Å². The smallest absolute Gasteiger partial charge is 0.166 e. The molecule has 0 bridgehead atoms. The summed E-state index contributed by atoms with van der Waals surface area (Å²) in [5, 5.41) is 14.4. The molecular weight excluding hydrogens is 538 g/mol. The van der Waals surface area contributed by atoms with E-state index < -0.39 is 17.3 Å². The molecule has 1 aliphatic rings. The maximum atomic E-state index is 15.3. The lowest BCUT2D eigenvalue weighted by molar-refractivity contribution is -0.133. The second-order valence-electron chi connectivity index (χ2n) is 10.8. The topological polar surface area (TPSA) is 80.9 Å². The van der Waals surface area contributed by atoms with Gasteiger partial charge in [-0.25, -0.2) is 13.3 Å². The highest BCUT2D eigenvalue weighted by molar-refractivity contribution is 6.11. The summed E-state index contributed by atoms with van der Waals surface area (Å²) in [4.78, 5) is 26.1. The van der Waals surface area contributed by atoms with Crippen LogP contribution in [0.15, 0.2) is 91.3 Å². The normalized spacial score (nSPS) is 14.5. The molecule has 1 saturated carbocycles. The maximum Gasteiger partial charge on any atom is 0.166 e. The second kappa shape index (κ2) is 10.9. The van der Waals surface area contributed by atoms with Gasteiger partial charge >= 0.3 is 0 Å². The van der Waals surface area contributed by atoms with Crippen molar-refractivity contribution < 1.29 is 28.2 Å². The lowest BCUT2D eigenvalue weighted by Gasteiger charge is -2.14. The zero-order chi connectivity index (χ0) is 29.4. The number of fused-ring (bicyclic) bond motifs is 1. The molecule has 42 heavy (non-hydrogen) atoms. The molecule has 6 rings (SSSR count). The number of nitrogens with zero attached hydrogens (tertiary/aromatic N) is 2. The van der Waals surface area contributed by atoms with Crippen molar-refractivity contribution in [2.75, 3.05) is 0 Å². The maximum absolute atomic E-state index is 15.3. The van der Waals surface area contributed by atoms with Gasteiger partial charge < -0.3 is 9.84 Å². The summed E-state index contributed by atoms with van der Waals surface area (Å²) in [5.74, 6) is -1.08. The third-order valence-corrected chi connectivity index (χ3v) is 7.87. The van der Waals surface area contributed by atoms with E-state index in [-0.39, 0.29) is 36.0 Å². The standard InChI is InChI=1S/C34H28F2N2O4/c1-21(39)24-3-2-4-25(20-24)27-12-16-38-33(27)30(11-15-37-38)42-29-10-7-23(17-28(29)36)19-32(41)34(13-14-34)31(40)18-22-5-8-26(35)9-6-22/h2-12,15-17,20-21,39H,13-14,18-19H2,1H3. The molecule has 1 fully saturated rings. The molecule has 2 aromatic heterocycles. The predicted octanol–water partition coefficient (Wildman–Crippen LogP) is 6.83. The van der Waals surface area contributed by atoms with Crippen molar-refractivity contribution in [1.82, 2.24) is 9.61 Å². The Balaban J connectivity index is 1.20. The zero-order valence-electron chi connectivity index (χ0n) is 22.9. The van der Waals surface area contributed by atoms with E-state index in [2.05, 4.69) is 5.10 Å². The average Bonchev–Trinajstić information content (AvgIpc) is 3.69. The van der Waals surface area contributed by atoms with Crippen molar-refractivity contribution in [3.8, 4) is 22.6 Å². The summed E-state index contributed by atoms with van der Waals surface area (Å²) in [6.45, 7) is 1.70. The Hall–Kier alpha value is -4.69. The van der Waals surface area contributed by atoms with Crippen LogP contribution in [0.3, 0.4) is 0 Å². The van der Waals surface area contributed by atoms with Gasteiger partial charge in [0.2, 0.25) is 0 Å². The summed E-state index contributed by atoms with van der Waals surface area (Å²) in [6.07, 6.45) is 3.62. The Bertz CT molecular complexity index is 1810. The number of carbonyl (C=O) groups is 2. The molecule has 0 saturated heterocycles. The number of Topliss-reactive ketones (excluding diaryl/α,β-unsaturated/α-hetero) is 2. The lowest BCUT2D eigenvalue weighted by Crippen LogP contribution is -2.28. The van der Waals surface area contributed by atoms with Crippen LogP contribution in [0.4, 0.5) is 8.78 Å². The molecule has 2 heterocycles. The van der Waals surface area contributed by atoms with Gasteiger partial charge in [-0.2, -0.15) is 5.10 Å². The molecule has 1 unspecified atom stereocenters. The summed E-state index contributed by atoms with van der Waals surface area (Å²) in [5.41, 5.74) is 3.10. The van der Waals surface area contributed by atoms with Gasteiger partial charge in [0.25, 0.3) is 0 Å². The van der Waals surface area contributed by atoms with Crippen LogP contribution in [0.1, 0.15) is 42.6 Å². The highest BCUT2D eigenvalue weighted by Gasteiger charge is 2.54. The average molecular weight is 567 g/mol. The van der Waals surface area contributed by atoms with Gasteiger partial charge in [-0.05, 0) is 78.4 Å². The van der Waals surface area contributed by atoms with Gasteiger partial charge in [0.1, 0.15) is 11.3 Å². The number of halogens is 2. The van der Waals surface area contributed by atoms with Crippen molar-refractivity contribution >= 4 is 17.1 Å². The van der Waals surface area contributed by atoms with Gasteiger partial charge in [-0.3, -0.25) is 9.59 Å². The molecule has 212 valence electrons. The minimum absolute atomic E-state index is 0.0160. The van der Waals surface area contributed by atoms with Crippen LogP contribution < -0.4 is 4.74 Å². The van der Waals surface area contributed by atoms with Crippen LogP contribution >= 0.6 is 0 Å².